The monoisotopic (exact) mass is 302 g/mol. The summed E-state index contributed by atoms with van der Waals surface area (Å²) in [7, 11) is 0. The standard InChI is InChI=1S/C14H14N4O2S/c1-10-9-21-14-16-13(17-18(10)14)15-12(19)7-8-20-11-5-3-2-4-6-11/h2-6,9H,7-8H2,1H3,(H,15,17,19). The van der Waals surface area contributed by atoms with E-state index in [4.69, 9.17) is 4.74 Å². The van der Waals surface area contributed by atoms with Crippen molar-refractivity contribution in [2.75, 3.05) is 11.9 Å². The van der Waals surface area contributed by atoms with Crippen LogP contribution in [0.25, 0.3) is 4.96 Å². The maximum atomic E-state index is 11.8. The predicted octanol–water partition coefficient (Wildman–Crippen LogP) is 2.51. The lowest BCUT2D eigenvalue weighted by Crippen LogP contribution is -2.16. The van der Waals surface area contributed by atoms with Gasteiger partial charge in [0, 0.05) is 5.38 Å². The molecule has 3 rings (SSSR count). The minimum absolute atomic E-state index is 0.165. The number of aromatic nitrogens is 3. The average molecular weight is 302 g/mol. The minimum atomic E-state index is -0.165. The molecule has 0 saturated carbocycles. The van der Waals surface area contributed by atoms with Gasteiger partial charge in [0.15, 0.2) is 0 Å². The smallest absolute Gasteiger partial charge is 0.250 e. The van der Waals surface area contributed by atoms with Gasteiger partial charge in [-0.1, -0.05) is 18.2 Å². The van der Waals surface area contributed by atoms with Crippen molar-refractivity contribution in [2.45, 2.75) is 13.3 Å². The molecular formula is C14H14N4O2S. The Balaban J connectivity index is 1.52. The van der Waals surface area contributed by atoms with Crippen molar-refractivity contribution < 1.29 is 9.53 Å². The number of nitrogens with one attached hydrogen (secondary N) is 1. The highest BCUT2D eigenvalue weighted by molar-refractivity contribution is 7.15. The van der Waals surface area contributed by atoms with Crippen molar-refractivity contribution in [3.63, 3.8) is 0 Å². The molecule has 0 spiro atoms. The number of rotatable bonds is 5. The summed E-state index contributed by atoms with van der Waals surface area (Å²) in [5, 5.41) is 8.86. The summed E-state index contributed by atoms with van der Waals surface area (Å²) in [5.74, 6) is 0.915. The number of amides is 1. The van der Waals surface area contributed by atoms with Crippen molar-refractivity contribution in [2.24, 2.45) is 0 Å². The van der Waals surface area contributed by atoms with E-state index in [2.05, 4.69) is 15.4 Å². The highest BCUT2D eigenvalue weighted by Gasteiger charge is 2.10. The first kappa shape index (κ1) is 13.6. The van der Waals surface area contributed by atoms with Gasteiger partial charge >= 0.3 is 0 Å². The molecule has 108 valence electrons. The Morgan fingerprint density at radius 2 is 2.19 bits per heavy atom. The molecule has 0 fully saturated rings. The second-order valence-corrected chi connectivity index (χ2v) is 5.30. The maximum absolute atomic E-state index is 11.8. The lowest BCUT2D eigenvalue weighted by Gasteiger charge is -2.05. The summed E-state index contributed by atoms with van der Waals surface area (Å²) in [6.07, 6.45) is 0.251. The summed E-state index contributed by atoms with van der Waals surface area (Å²) in [5.41, 5.74) is 0.996. The van der Waals surface area contributed by atoms with Gasteiger partial charge in [-0.3, -0.25) is 10.1 Å². The second kappa shape index (κ2) is 5.92. The third kappa shape index (κ3) is 3.19. The molecule has 3 aromatic rings. The number of para-hydroxylation sites is 1. The van der Waals surface area contributed by atoms with Gasteiger partial charge in [0.2, 0.25) is 16.8 Å². The zero-order valence-electron chi connectivity index (χ0n) is 11.4. The maximum Gasteiger partial charge on any atom is 0.250 e. The summed E-state index contributed by atoms with van der Waals surface area (Å²) in [4.78, 5) is 16.8. The molecule has 1 amide bonds. The highest BCUT2D eigenvalue weighted by Crippen LogP contribution is 2.15. The van der Waals surface area contributed by atoms with Gasteiger partial charge in [-0.25, -0.2) is 4.52 Å². The Kier molecular flexibility index (Phi) is 3.83. The van der Waals surface area contributed by atoms with E-state index in [0.717, 1.165) is 16.4 Å². The quantitative estimate of drug-likeness (QED) is 0.786. The zero-order chi connectivity index (χ0) is 14.7. The van der Waals surface area contributed by atoms with Crippen LogP contribution in [0.1, 0.15) is 12.1 Å². The van der Waals surface area contributed by atoms with Crippen molar-refractivity contribution >= 4 is 28.2 Å². The lowest BCUT2D eigenvalue weighted by molar-refractivity contribution is -0.116. The number of anilines is 1. The normalized spacial score (nSPS) is 10.7. The molecule has 0 unspecified atom stereocenters. The summed E-state index contributed by atoms with van der Waals surface area (Å²) >= 11 is 1.49. The molecular weight excluding hydrogens is 288 g/mol. The van der Waals surface area contributed by atoms with E-state index >= 15 is 0 Å². The number of nitrogens with zero attached hydrogens (tertiary/aromatic N) is 3. The number of fused-ring (bicyclic) bond motifs is 1. The Labute approximate surface area is 125 Å². The molecule has 1 N–H and O–H groups in total. The van der Waals surface area contributed by atoms with Crippen molar-refractivity contribution in [3.8, 4) is 5.75 Å². The van der Waals surface area contributed by atoms with Gasteiger partial charge in [-0.2, -0.15) is 4.98 Å². The van der Waals surface area contributed by atoms with Crippen molar-refractivity contribution in [1.29, 1.82) is 0 Å². The fourth-order valence-corrected chi connectivity index (χ4v) is 2.61. The third-order valence-corrected chi connectivity index (χ3v) is 3.77. The number of carbonyl (C=O) groups is 1. The van der Waals surface area contributed by atoms with E-state index in [1.54, 1.807) is 4.52 Å². The molecule has 0 bridgehead atoms. The minimum Gasteiger partial charge on any atom is -0.493 e. The summed E-state index contributed by atoms with van der Waals surface area (Å²) in [6, 6.07) is 9.40. The second-order valence-electron chi connectivity index (χ2n) is 4.47. The van der Waals surface area contributed by atoms with E-state index in [1.807, 2.05) is 42.6 Å². The molecule has 0 aliphatic heterocycles. The van der Waals surface area contributed by atoms with E-state index in [1.165, 1.54) is 11.3 Å². The van der Waals surface area contributed by atoms with Crippen molar-refractivity contribution in [1.82, 2.24) is 14.6 Å². The molecule has 0 aliphatic carbocycles. The Morgan fingerprint density at radius 1 is 1.38 bits per heavy atom. The Hall–Kier alpha value is -2.41. The first-order valence-electron chi connectivity index (χ1n) is 6.51. The fraction of sp³-hybridized carbons (Fsp3) is 0.214. The van der Waals surface area contributed by atoms with Crippen molar-refractivity contribution in [3.05, 3.63) is 41.4 Å². The number of ether oxygens (including phenoxy) is 1. The van der Waals surface area contributed by atoms with Crippen LogP contribution in [-0.2, 0) is 4.79 Å². The number of hydrogen-bond acceptors (Lipinski definition) is 5. The SMILES string of the molecule is Cc1csc2nc(NC(=O)CCOc3ccccc3)nn12. The van der Waals surface area contributed by atoms with E-state index < -0.39 is 0 Å². The fourth-order valence-electron chi connectivity index (χ4n) is 1.81. The van der Waals surface area contributed by atoms with Gasteiger partial charge in [-0.05, 0) is 19.1 Å². The molecule has 6 nitrogen and oxygen atoms in total. The number of benzene rings is 1. The Bertz CT molecular complexity index is 751. The number of aryl methyl sites for hydroxylation is 1. The van der Waals surface area contributed by atoms with Gasteiger partial charge in [-0.15, -0.1) is 16.4 Å². The van der Waals surface area contributed by atoms with Crippen LogP contribution < -0.4 is 10.1 Å². The average Bonchev–Trinajstić information content (AvgIpc) is 3.02. The van der Waals surface area contributed by atoms with Crippen LogP contribution in [0.15, 0.2) is 35.7 Å². The van der Waals surface area contributed by atoms with E-state index in [9.17, 15) is 4.79 Å². The van der Waals surface area contributed by atoms with Gasteiger partial charge < -0.3 is 4.74 Å². The zero-order valence-corrected chi connectivity index (χ0v) is 12.3. The number of hydrogen-bond donors (Lipinski definition) is 1. The topological polar surface area (TPSA) is 68.5 Å². The van der Waals surface area contributed by atoms with Crippen LogP contribution in [0.4, 0.5) is 5.95 Å². The molecule has 0 atom stereocenters. The first-order valence-corrected chi connectivity index (χ1v) is 7.39. The lowest BCUT2D eigenvalue weighted by atomic mass is 10.3. The molecule has 2 heterocycles. The van der Waals surface area contributed by atoms with E-state index in [0.29, 0.717) is 12.6 Å². The van der Waals surface area contributed by atoms with Gasteiger partial charge in [0.25, 0.3) is 0 Å². The summed E-state index contributed by atoms with van der Waals surface area (Å²) < 4.78 is 7.18. The Morgan fingerprint density at radius 3 is 2.95 bits per heavy atom. The molecule has 1 aromatic carbocycles. The van der Waals surface area contributed by atoms with Crippen LogP contribution in [0, 0.1) is 6.92 Å². The molecule has 0 aliphatic rings. The van der Waals surface area contributed by atoms with Crippen LogP contribution >= 0.6 is 11.3 Å². The van der Waals surface area contributed by atoms with Crippen LogP contribution in [0.3, 0.4) is 0 Å². The predicted molar refractivity (Wildman–Crippen MR) is 80.8 cm³/mol. The number of carbonyl (C=O) groups excluding carboxylic acids is 1. The number of thiazole rings is 1. The van der Waals surface area contributed by atoms with Gasteiger partial charge in [0.05, 0.1) is 18.7 Å². The molecule has 2 aromatic heterocycles. The van der Waals surface area contributed by atoms with Gasteiger partial charge in [0.1, 0.15) is 5.75 Å². The third-order valence-electron chi connectivity index (χ3n) is 2.84. The first-order chi connectivity index (χ1) is 10.2. The molecule has 21 heavy (non-hydrogen) atoms. The highest BCUT2D eigenvalue weighted by atomic mass is 32.1. The summed E-state index contributed by atoms with van der Waals surface area (Å²) in [6.45, 7) is 2.26. The largest absolute Gasteiger partial charge is 0.493 e. The molecule has 7 heteroatoms. The molecule has 0 saturated heterocycles. The van der Waals surface area contributed by atoms with Crippen LogP contribution in [-0.4, -0.2) is 27.1 Å². The van der Waals surface area contributed by atoms with E-state index in [-0.39, 0.29) is 12.3 Å². The van der Waals surface area contributed by atoms with Crippen LogP contribution in [0.5, 0.6) is 5.75 Å². The molecule has 0 radical (unpaired) electrons. The van der Waals surface area contributed by atoms with Crippen LogP contribution in [0.2, 0.25) is 0 Å².